The van der Waals surface area contributed by atoms with Crippen LogP contribution >= 0.6 is 0 Å². The number of aromatic nitrogens is 5. The molecule has 5 aromatic rings. The number of hydrogen-bond acceptors (Lipinski definition) is 6. The molecule has 0 spiro atoms. The zero-order chi connectivity index (χ0) is 21.9. The van der Waals surface area contributed by atoms with Gasteiger partial charge in [-0.1, -0.05) is 49.4 Å². The summed E-state index contributed by atoms with van der Waals surface area (Å²) in [5.41, 5.74) is 4.71. The molecule has 1 atom stereocenters. The molecule has 0 radical (unpaired) electrons. The van der Waals surface area contributed by atoms with Crippen molar-refractivity contribution in [3.05, 3.63) is 90.0 Å². The van der Waals surface area contributed by atoms with Crippen LogP contribution in [0.3, 0.4) is 0 Å². The molecule has 8 nitrogen and oxygen atoms in total. The molecule has 1 unspecified atom stereocenters. The fraction of sp³-hybridized carbons (Fsp3) is 0.125. The molecular formula is C24H21N7O. The molecule has 1 amide bonds. The third-order valence-corrected chi connectivity index (χ3v) is 5.37. The lowest BCUT2D eigenvalue weighted by atomic mass is 10.0. The lowest BCUT2D eigenvalue weighted by Gasteiger charge is -2.13. The second-order valence-corrected chi connectivity index (χ2v) is 7.59. The van der Waals surface area contributed by atoms with Gasteiger partial charge in [-0.3, -0.25) is 4.79 Å². The number of fused-ring (bicyclic) bond motifs is 3. The van der Waals surface area contributed by atoms with E-state index in [2.05, 4.69) is 50.2 Å². The monoisotopic (exact) mass is 423 g/mol. The van der Waals surface area contributed by atoms with Crippen LogP contribution in [0.5, 0.6) is 0 Å². The van der Waals surface area contributed by atoms with Crippen molar-refractivity contribution in [2.45, 2.75) is 12.8 Å². The highest BCUT2D eigenvalue weighted by atomic mass is 16.1. The van der Waals surface area contributed by atoms with Gasteiger partial charge < -0.3 is 10.6 Å². The van der Waals surface area contributed by atoms with E-state index in [-0.39, 0.29) is 11.8 Å². The molecule has 0 fully saturated rings. The van der Waals surface area contributed by atoms with Gasteiger partial charge in [0.1, 0.15) is 0 Å². The Hall–Kier alpha value is -4.33. The minimum Gasteiger partial charge on any atom is -0.351 e. The van der Waals surface area contributed by atoms with Gasteiger partial charge in [-0.2, -0.15) is 4.52 Å². The minimum atomic E-state index is -0.104. The van der Waals surface area contributed by atoms with Crippen LogP contribution in [0.2, 0.25) is 0 Å². The Labute approximate surface area is 184 Å². The molecule has 2 N–H and O–H groups in total. The van der Waals surface area contributed by atoms with E-state index in [1.54, 1.807) is 16.6 Å². The van der Waals surface area contributed by atoms with Gasteiger partial charge in [-0.15, -0.1) is 5.10 Å². The SMILES string of the molecule is CC(CNC(=O)c1ccc(Nc2nc3ccccc3n3nnnc23)cc1)c1ccccc1. The fourth-order valence-corrected chi connectivity index (χ4v) is 3.58. The molecule has 0 saturated heterocycles. The first-order chi connectivity index (χ1) is 15.7. The molecule has 0 aliphatic carbocycles. The minimum absolute atomic E-state index is 0.104. The van der Waals surface area contributed by atoms with Crippen LogP contribution in [-0.4, -0.2) is 37.5 Å². The second kappa shape index (κ2) is 8.43. The maximum Gasteiger partial charge on any atom is 0.251 e. The first-order valence-corrected chi connectivity index (χ1v) is 10.4. The number of benzene rings is 3. The van der Waals surface area contributed by atoms with E-state index in [1.807, 2.05) is 54.6 Å². The van der Waals surface area contributed by atoms with Crippen molar-refractivity contribution in [1.82, 2.24) is 30.3 Å². The van der Waals surface area contributed by atoms with Crippen LogP contribution in [0.4, 0.5) is 11.5 Å². The standard InChI is InChI=1S/C24H21N7O/c1-16(17-7-3-2-4-8-17)15-25-24(32)18-11-13-19(14-12-18)26-22-23-28-29-30-31(23)21-10-6-5-9-20(21)27-22/h2-14,16H,15H2,1H3,(H,25,32)(H,26,27). The van der Waals surface area contributed by atoms with E-state index in [1.165, 1.54) is 5.56 Å². The molecule has 8 heteroatoms. The van der Waals surface area contributed by atoms with Gasteiger partial charge in [0.25, 0.3) is 5.91 Å². The summed E-state index contributed by atoms with van der Waals surface area (Å²) in [7, 11) is 0. The number of nitrogens with zero attached hydrogens (tertiary/aromatic N) is 5. The highest BCUT2D eigenvalue weighted by molar-refractivity contribution is 5.94. The summed E-state index contributed by atoms with van der Waals surface area (Å²) in [4.78, 5) is 17.2. The maximum atomic E-state index is 12.6. The van der Waals surface area contributed by atoms with Gasteiger partial charge in [0, 0.05) is 17.8 Å². The van der Waals surface area contributed by atoms with Crippen molar-refractivity contribution in [2.75, 3.05) is 11.9 Å². The lowest BCUT2D eigenvalue weighted by Crippen LogP contribution is -2.27. The summed E-state index contributed by atoms with van der Waals surface area (Å²) < 4.78 is 1.65. The normalized spacial score (nSPS) is 12.0. The van der Waals surface area contributed by atoms with Gasteiger partial charge >= 0.3 is 0 Å². The van der Waals surface area contributed by atoms with Crippen molar-refractivity contribution in [1.29, 1.82) is 0 Å². The van der Waals surface area contributed by atoms with E-state index in [4.69, 9.17) is 0 Å². The van der Waals surface area contributed by atoms with Crippen LogP contribution < -0.4 is 10.6 Å². The predicted octanol–water partition coefficient (Wildman–Crippen LogP) is 3.95. The molecule has 5 rings (SSSR count). The summed E-state index contributed by atoms with van der Waals surface area (Å²) in [5.74, 6) is 0.675. The van der Waals surface area contributed by atoms with Gasteiger partial charge in [-0.25, -0.2) is 4.98 Å². The predicted molar refractivity (Wildman–Crippen MR) is 123 cm³/mol. The smallest absolute Gasteiger partial charge is 0.251 e. The third kappa shape index (κ3) is 3.85. The lowest BCUT2D eigenvalue weighted by molar-refractivity contribution is 0.0951. The Kier molecular flexibility index (Phi) is 5.17. The second-order valence-electron chi connectivity index (χ2n) is 7.59. The van der Waals surface area contributed by atoms with E-state index in [0.29, 0.717) is 23.6 Å². The van der Waals surface area contributed by atoms with Crippen molar-refractivity contribution >= 4 is 34.1 Å². The van der Waals surface area contributed by atoms with Gasteiger partial charge in [0.05, 0.1) is 11.0 Å². The van der Waals surface area contributed by atoms with E-state index in [0.717, 1.165) is 16.7 Å². The Bertz CT molecular complexity index is 1380. The van der Waals surface area contributed by atoms with Crippen molar-refractivity contribution in [2.24, 2.45) is 0 Å². The summed E-state index contributed by atoms with van der Waals surface area (Å²) in [5, 5.41) is 18.2. The van der Waals surface area contributed by atoms with Crippen LogP contribution in [0, 0.1) is 0 Å². The summed E-state index contributed by atoms with van der Waals surface area (Å²) in [6.45, 7) is 2.67. The summed E-state index contributed by atoms with van der Waals surface area (Å²) >= 11 is 0. The first-order valence-electron chi connectivity index (χ1n) is 10.4. The van der Waals surface area contributed by atoms with E-state index >= 15 is 0 Å². The van der Waals surface area contributed by atoms with E-state index < -0.39 is 0 Å². The van der Waals surface area contributed by atoms with Gasteiger partial charge in [-0.05, 0) is 58.3 Å². The quantitative estimate of drug-likeness (QED) is 0.429. The number of hydrogen-bond donors (Lipinski definition) is 2. The Morgan fingerprint density at radius 2 is 1.72 bits per heavy atom. The number of para-hydroxylation sites is 2. The van der Waals surface area contributed by atoms with E-state index in [9.17, 15) is 4.79 Å². The molecule has 0 saturated carbocycles. The van der Waals surface area contributed by atoms with Crippen molar-refractivity contribution in [3.63, 3.8) is 0 Å². The average molecular weight is 423 g/mol. The highest BCUT2D eigenvalue weighted by Gasteiger charge is 2.13. The summed E-state index contributed by atoms with van der Waals surface area (Å²) in [6.07, 6.45) is 0. The Morgan fingerprint density at radius 1 is 0.969 bits per heavy atom. The number of carbonyl (C=O) groups excluding carboxylic acids is 1. The van der Waals surface area contributed by atoms with Crippen LogP contribution in [0.25, 0.3) is 16.7 Å². The summed E-state index contributed by atoms with van der Waals surface area (Å²) in [6, 6.07) is 25.1. The topological polar surface area (TPSA) is 97.1 Å². The zero-order valence-electron chi connectivity index (χ0n) is 17.4. The molecule has 0 aliphatic rings. The molecule has 0 aliphatic heterocycles. The number of carbonyl (C=O) groups is 1. The molecule has 32 heavy (non-hydrogen) atoms. The molecule has 0 bridgehead atoms. The average Bonchev–Trinajstić information content (AvgIpc) is 3.34. The van der Waals surface area contributed by atoms with Crippen molar-refractivity contribution in [3.8, 4) is 0 Å². The number of anilines is 2. The van der Waals surface area contributed by atoms with Gasteiger partial charge in [0.2, 0.25) is 5.65 Å². The Morgan fingerprint density at radius 3 is 2.53 bits per heavy atom. The zero-order valence-corrected chi connectivity index (χ0v) is 17.4. The maximum absolute atomic E-state index is 12.6. The van der Waals surface area contributed by atoms with Gasteiger partial charge in [0.15, 0.2) is 5.82 Å². The molecule has 2 heterocycles. The van der Waals surface area contributed by atoms with Crippen molar-refractivity contribution < 1.29 is 4.79 Å². The first kappa shape index (κ1) is 19.6. The number of nitrogens with one attached hydrogen (secondary N) is 2. The highest BCUT2D eigenvalue weighted by Crippen LogP contribution is 2.22. The molecular weight excluding hydrogens is 402 g/mol. The van der Waals surface area contributed by atoms with Crippen LogP contribution in [0.15, 0.2) is 78.9 Å². The largest absolute Gasteiger partial charge is 0.351 e. The Balaban J connectivity index is 1.30. The third-order valence-electron chi connectivity index (χ3n) is 5.37. The number of amides is 1. The number of tetrazole rings is 1. The molecule has 3 aromatic carbocycles. The van der Waals surface area contributed by atoms with Crippen LogP contribution in [-0.2, 0) is 0 Å². The number of rotatable bonds is 6. The molecule has 158 valence electrons. The van der Waals surface area contributed by atoms with Crippen LogP contribution in [0.1, 0.15) is 28.8 Å². The molecule has 2 aromatic heterocycles. The fourth-order valence-electron chi connectivity index (χ4n) is 3.58.